The SMILES string of the molecule is Brc1ccc(COc2ccc(/C=C/CCn3cncn3)cc2)cc1. The van der Waals surface area contributed by atoms with Crippen molar-refractivity contribution in [3.63, 3.8) is 0 Å². The second-order valence-electron chi connectivity index (χ2n) is 5.33. The molecule has 0 aliphatic rings. The Bertz CT molecular complexity index is 765. The number of aromatic nitrogens is 3. The minimum Gasteiger partial charge on any atom is -0.489 e. The number of benzene rings is 2. The van der Waals surface area contributed by atoms with E-state index in [1.54, 1.807) is 12.7 Å². The van der Waals surface area contributed by atoms with Crippen LogP contribution in [0.3, 0.4) is 0 Å². The normalized spacial score (nSPS) is 11.0. The van der Waals surface area contributed by atoms with Crippen LogP contribution in [-0.4, -0.2) is 14.8 Å². The van der Waals surface area contributed by atoms with Crippen LogP contribution in [0, 0.1) is 0 Å². The van der Waals surface area contributed by atoms with Crippen molar-refractivity contribution in [3.05, 3.63) is 82.9 Å². The number of rotatable bonds is 7. The Hall–Kier alpha value is -2.40. The molecular weight excluding hydrogens is 366 g/mol. The Morgan fingerprint density at radius 2 is 1.83 bits per heavy atom. The van der Waals surface area contributed by atoms with Crippen LogP contribution in [0.25, 0.3) is 6.08 Å². The molecule has 24 heavy (non-hydrogen) atoms. The highest BCUT2D eigenvalue weighted by molar-refractivity contribution is 9.10. The molecule has 1 aromatic heterocycles. The number of nitrogens with zero attached hydrogens (tertiary/aromatic N) is 3. The van der Waals surface area contributed by atoms with Crippen LogP contribution < -0.4 is 4.74 Å². The minimum atomic E-state index is 0.570. The molecular formula is C19H18BrN3O. The Morgan fingerprint density at radius 3 is 2.54 bits per heavy atom. The van der Waals surface area contributed by atoms with Gasteiger partial charge in [-0.05, 0) is 41.8 Å². The lowest BCUT2D eigenvalue weighted by Gasteiger charge is -2.06. The number of allylic oxidation sites excluding steroid dienone is 1. The Morgan fingerprint density at radius 1 is 1.04 bits per heavy atom. The smallest absolute Gasteiger partial charge is 0.137 e. The molecule has 0 saturated carbocycles. The second-order valence-corrected chi connectivity index (χ2v) is 6.25. The molecule has 0 aliphatic heterocycles. The van der Waals surface area contributed by atoms with Gasteiger partial charge in [0.2, 0.25) is 0 Å². The average Bonchev–Trinajstić information content (AvgIpc) is 3.13. The van der Waals surface area contributed by atoms with Crippen molar-refractivity contribution >= 4 is 22.0 Å². The predicted molar refractivity (Wildman–Crippen MR) is 98.6 cm³/mol. The Labute approximate surface area is 149 Å². The van der Waals surface area contributed by atoms with Crippen LogP contribution in [0.1, 0.15) is 17.5 Å². The maximum Gasteiger partial charge on any atom is 0.137 e. The molecule has 3 rings (SSSR count). The van der Waals surface area contributed by atoms with Crippen LogP contribution >= 0.6 is 15.9 Å². The maximum absolute atomic E-state index is 5.80. The molecule has 0 amide bonds. The topological polar surface area (TPSA) is 39.9 Å². The molecule has 0 fully saturated rings. The molecule has 5 heteroatoms. The van der Waals surface area contributed by atoms with Crippen molar-refractivity contribution in [2.45, 2.75) is 19.6 Å². The number of hydrogen-bond donors (Lipinski definition) is 0. The van der Waals surface area contributed by atoms with E-state index in [9.17, 15) is 0 Å². The van der Waals surface area contributed by atoms with Crippen LogP contribution in [0.4, 0.5) is 0 Å². The van der Waals surface area contributed by atoms with E-state index in [-0.39, 0.29) is 0 Å². The fourth-order valence-electron chi connectivity index (χ4n) is 2.20. The van der Waals surface area contributed by atoms with Crippen LogP contribution in [0.2, 0.25) is 0 Å². The van der Waals surface area contributed by atoms with E-state index >= 15 is 0 Å². The summed E-state index contributed by atoms with van der Waals surface area (Å²) in [5, 5.41) is 4.08. The van der Waals surface area contributed by atoms with Gasteiger partial charge in [0.1, 0.15) is 25.0 Å². The number of hydrogen-bond acceptors (Lipinski definition) is 3. The summed E-state index contributed by atoms with van der Waals surface area (Å²) >= 11 is 3.43. The van der Waals surface area contributed by atoms with Crippen LogP contribution in [0.15, 0.2) is 71.7 Å². The third-order valence-corrected chi connectivity index (χ3v) is 4.03. The molecule has 0 spiro atoms. The molecule has 0 radical (unpaired) electrons. The van der Waals surface area contributed by atoms with E-state index < -0.39 is 0 Å². The van der Waals surface area contributed by atoms with E-state index in [0.717, 1.165) is 34.3 Å². The Kier molecular flexibility index (Phi) is 5.80. The van der Waals surface area contributed by atoms with Gasteiger partial charge in [-0.15, -0.1) is 0 Å². The molecule has 2 aromatic carbocycles. The number of ether oxygens (including phenoxy) is 1. The minimum absolute atomic E-state index is 0.570. The Balaban J connectivity index is 1.46. The van der Waals surface area contributed by atoms with Crippen molar-refractivity contribution in [3.8, 4) is 5.75 Å². The average molecular weight is 384 g/mol. The lowest BCUT2D eigenvalue weighted by Crippen LogP contribution is -1.96. The van der Waals surface area contributed by atoms with E-state index in [2.05, 4.69) is 62.4 Å². The van der Waals surface area contributed by atoms with Crippen LogP contribution in [-0.2, 0) is 13.2 Å². The molecule has 0 aliphatic carbocycles. The zero-order valence-corrected chi connectivity index (χ0v) is 14.8. The van der Waals surface area contributed by atoms with Crippen LogP contribution in [0.5, 0.6) is 5.75 Å². The standard InChI is InChI=1S/C19H18BrN3O/c20-18-8-4-17(5-9-18)13-24-19-10-6-16(7-11-19)3-1-2-12-23-15-21-14-22-23/h1,3-11,14-15H,2,12-13H2/b3-1+. The number of halogens is 1. The van der Waals surface area contributed by atoms with Crippen molar-refractivity contribution in [2.75, 3.05) is 0 Å². The van der Waals surface area contributed by atoms with E-state index in [4.69, 9.17) is 4.74 Å². The summed E-state index contributed by atoms with van der Waals surface area (Å²) < 4.78 is 8.70. The largest absolute Gasteiger partial charge is 0.489 e. The third-order valence-electron chi connectivity index (χ3n) is 3.50. The molecule has 0 unspecified atom stereocenters. The lowest BCUT2D eigenvalue weighted by molar-refractivity contribution is 0.306. The molecule has 0 N–H and O–H groups in total. The molecule has 1 heterocycles. The van der Waals surface area contributed by atoms with Gasteiger partial charge in [0.15, 0.2) is 0 Å². The van der Waals surface area contributed by atoms with Gasteiger partial charge in [-0.2, -0.15) is 5.10 Å². The van der Waals surface area contributed by atoms with E-state index in [0.29, 0.717) is 6.61 Å². The van der Waals surface area contributed by atoms with Crippen molar-refractivity contribution in [1.82, 2.24) is 14.8 Å². The highest BCUT2D eigenvalue weighted by atomic mass is 79.9. The summed E-state index contributed by atoms with van der Waals surface area (Å²) in [5.74, 6) is 0.873. The predicted octanol–water partition coefficient (Wildman–Crippen LogP) is 4.72. The van der Waals surface area contributed by atoms with Gasteiger partial charge in [0, 0.05) is 11.0 Å². The van der Waals surface area contributed by atoms with Crippen molar-refractivity contribution < 1.29 is 4.74 Å². The van der Waals surface area contributed by atoms with Gasteiger partial charge in [0.05, 0.1) is 0 Å². The molecule has 4 nitrogen and oxygen atoms in total. The van der Waals surface area contributed by atoms with Crippen molar-refractivity contribution in [2.24, 2.45) is 0 Å². The molecule has 0 bridgehead atoms. The monoisotopic (exact) mass is 383 g/mol. The first kappa shape index (κ1) is 16.5. The number of aryl methyl sites for hydroxylation is 1. The van der Waals surface area contributed by atoms with Gasteiger partial charge in [-0.1, -0.05) is 52.3 Å². The maximum atomic E-state index is 5.80. The first-order valence-electron chi connectivity index (χ1n) is 7.76. The first-order chi connectivity index (χ1) is 11.8. The molecule has 122 valence electrons. The van der Waals surface area contributed by atoms with Gasteiger partial charge in [0.25, 0.3) is 0 Å². The highest BCUT2D eigenvalue weighted by Crippen LogP contribution is 2.16. The molecule has 3 aromatic rings. The van der Waals surface area contributed by atoms with Gasteiger partial charge < -0.3 is 4.74 Å². The highest BCUT2D eigenvalue weighted by Gasteiger charge is 1.97. The summed E-state index contributed by atoms with van der Waals surface area (Å²) in [6.45, 7) is 1.41. The van der Waals surface area contributed by atoms with E-state index in [1.165, 1.54) is 0 Å². The third kappa shape index (κ3) is 5.06. The summed E-state index contributed by atoms with van der Waals surface area (Å²) in [6, 6.07) is 16.3. The second kappa shape index (κ2) is 8.45. The zero-order chi connectivity index (χ0) is 16.6. The van der Waals surface area contributed by atoms with Gasteiger partial charge >= 0.3 is 0 Å². The first-order valence-corrected chi connectivity index (χ1v) is 8.55. The summed E-state index contributed by atoms with van der Waals surface area (Å²) in [4.78, 5) is 3.92. The quantitative estimate of drug-likeness (QED) is 0.592. The fourth-order valence-corrected chi connectivity index (χ4v) is 2.46. The van der Waals surface area contributed by atoms with E-state index in [1.807, 2.05) is 28.9 Å². The summed E-state index contributed by atoms with van der Waals surface area (Å²) in [6.07, 6.45) is 8.45. The lowest BCUT2D eigenvalue weighted by atomic mass is 10.2. The summed E-state index contributed by atoms with van der Waals surface area (Å²) in [5.41, 5.74) is 2.31. The zero-order valence-electron chi connectivity index (χ0n) is 13.2. The molecule has 0 atom stereocenters. The fraction of sp³-hybridized carbons (Fsp3) is 0.158. The molecule has 0 saturated heterocycles. The van der Waals surface area contributed by atoms with Gasteiger partial charge in [-0.3, -0.25) is 4.68 Å². The van der Waals surface area contributed by atoms with Crippen molar-refractivity contribution in [1.29, 1.82) is 0 Å². The van der Waals surface area contributed by atoms with Gasteiger partial charge in [-0.25, -0.2) is 4.98 Å². The summed E-state index contributed by atoms with van der Waals surface area (Å²) in [7, 11) is 0.